The summed E-state index contributed by atoms with van der Waals surface area (Å²) in [7, 11) is 1.70. The molecule has 1 aromatic heterocycles. The molecule has 0 spiro atoms. The summed E-state index contributed by atoms with van der Waals surface area (Å²) in [6.07, 6.45) is 2.11. The summed E-state index contributed by atoms with van der Waals surface area (Å²) in [6.45, 7) is 1.40. The highest BCUT2D eigenvalue weighted by molar-refractivity contribution is 5.89. The van der Waals surface area contributed by atoms with Gasteiger partial charge in [0.1, 0.15) is 5.82 Å². The number of carbonyl (C=O) groups is 1. The first-order valence-electron chi connectivity index (χ1n) is 8.87. The van der Waals surface area contributed by atoms with Gasteiger partial charge in [-0.25, -0.2) is 9.78 Å². The van der Waals surface area contributed by atoms with E-state index in [-0.39, 0.29) is 12.1 Å². The number of H-pyrrole nitrogens is 1. The molecule has 2 N–H and O–H groups in total. The highest BCUT2D eigenvalue weighted by Gasteiger charge is 2.23. The van der Waals surface area contributed by atoms with Crippen molar-refractivity contribution in [2.24, 2.45) is 0 Å². The number of carbonyl (C=O) groups excluding carboxylic acids is 1. The molecule has 1 fully saturated rings. The quantitative estimate of drug-likeness (QED) is 0.753. The number of fused-ring (bicyclic) bond motifs is 1. The van der Waals surface area contributed by atoms with Crippen molar-refractivity contribution in [3.8, 4) is 11.4 Å². The summed E-state index contributed by atoms with van der Waals surface area (Å²) in [4.78, 5) is 22.2. The van der Waals surface area contributed by atoms with E-state index in [1.807, 2.05) is 53.4 Å². The standard InChI is InChI=1S/C20H22N4O2/c1-26-16-5-4-12-24(13-16)20(25)21-15-10-8-14(9-11-15)19-22-17-6-2-3-7-18(17)23-19/h2-3,6-11,16H,4-5,12-13H2,1H3,(H,21,25)(H,22,23)/t16-/m1/s1. The Labute approximate surface area is 152 Å². The van der Waals surface area contributed by atoms with E-state index in [1.54, 1.807) is 7.11 Å². The Morgan fingerprint density at radius 2 is 2.04 bits per heavy atom. The third-order valence-corrected chi connectivity index (χ3v) is 4.80. The van der Waals surface area contributed by atoms with E-state index in [9.17, 15) is 4.79 Å². The minimum atomic E-state index is -0.0803. The molecule has 6 heteroatoms. The maximum absolute atomic E-state index is 12.4. The number of nitrogens with one attached hydrogen (secondary N) is 2. The summed E-state index contributed by atoms with van der Waals surface area (Å²) in [5.74, 6) is 0.822. The van der Waals surface area contributed by atoms with Gasteiger partial charge in [0, 0.05) is 31.5 Å². The van der Waals surface area contributed by atoms with Crippen molar-refractivity contribution in [2.45, 2.75) is 18.9 Å². The molecule has 1 aliphatic rings. The van der Waals surface area contributed by atoms with Crippen LogP contribution in [-0.2, 0) is 4.74 Å². The molecule has 6 nitrogen and oxygen atoms in total. The lowest BCUT2D eigenvalue weighted by atomic mass is 10.1. The molecule has 4 rings (SSSR count). The number of rotatable bonds is 3. The van der Waals surface area contributed by atoms with E-state index in [0.717, 1.165) is 47.5 Å². The fourth-order valence-corrected chi connectivity index (χ4v) is 3.32. The van der Waals surface area contributed by atoms with Crippen LogP contribution in [-0.4, -0.2) is 47.2 Å². The lowest BCUT2D eigenvalue weighted by molar-refractivity contribution is 0.0458. The first kappa shape index (κ1) is 16.6. The lowest BCUT2D eigenvalue weighted by Crippen LogP contribution is -2.44. The molecule has 0 radical (unpaired) electrons. The van der Waals surface area contributed by atoms with Crippen LogP contribution in [0.1, 0.15) is 12.8 Å². The van der Waals surface area contributed by atoms with Crippen LogP contribution in [0.3, 0.4) is 0 Å². The number of hydrogen-bond acceptors (Lipinski definition) is 3. The first-order chi connectivity index (χ1) is 12.7. The fraction of sp³-hybridized carbons (Fsp3) is 0.300. The number of benzene rings is 2. The largest absolute Gasteiger partial charge is 0.380 e. The third kappa shape index (κ3) is 3.41. The topological polar surface area (TPSA) is 70.2 Å². The molecule has 1 saturated heterocycles. The number of piperidine rings is 1. The van der Waals surface area contributed by atoms with Crippen LogP contribution >= 0.6 is 0 Å². The molecule has 0 aliphatic carbocycles. The van der Waals surface area contributed by atoms with Gasteiger partial charge in [-0.05, 0) is 49.2 Å². The van der Waals surface area contributed by atoms with Crippen molar-refractivity contribution in [3.05, 3.63) is 48.5 Å². The number of ether oxygens (including phenoxy) is 1. The van der Waals surface area contributed by atoms with Crippen LogP contribution in [0.5, 0.6) is 0 Å². The smallest absolute Gasteiger partial charge is 0.321 e. The number of aromatic nitrogens is 2. The van der Waals surface area contributed by atoms with Crippen LogP contribution in [0, 0.1) is 0 Å². The Morgan fingerprint density at radius 3 is 2.81 bits per heavy atom. The second-order valence-corrected chi connectivity index (χ2v) is 6.56. The monoisotopic (exact) mass is 350 g/mol. The number of nitrogens with zero attached hydrogens (tertiary/aromatic N) is 2. The van der Waals surface area contributed by atoms with Crippen LogP contribution < -0.4 is 5.32 Å². The summed E-state index contributed by atoms with van der Waals surface area (Å²) < 4.78 is 5.38. The Balaban J connectivity index is 1.45. The van der Waals surface area contributed by atoms with Crippen LogP contribution in [0.15, 0.2) is 48.5 Å². The van der Waals surface area contributed by atoms with Gasteiger partial charge in [0.25, 0.3) is 0 Å². The maximum Gasteiger partial charge on any atom is 0.321 e. The molecule has 2 aromatic carbocycles. The van der Waals surface area contributed by atoms with Gasteiger partial charge in [-0.3, -0.25) is 0 Å². The van der Waals surface area contributed by atoms with E-state index < -0.39 is 0 Å². The van der Waals surface area contributed by atoms with Crippen molar-refractivity contribution in [1.29, 1.82) is 0 Å². The number of aromatic amines is 1. The summed E-state index contributed by atoms with van der Waals surface area (Å²) >= 11 is 0. The van der Waals surface area contributed by atoms with Crippen molar-refractivity contribution >= 4 is 22.8 Å². The van der Waals surface area contributed by atoms with E-state index in [4.69, 9.17) is 4.74 Å². The number of amides is 2. The average Bonchev–Trinajstić information content (AvgIpc) is 3.13. The SMILES string of the molecule is CO[C@@H]1CCCN(C(=O)Nc2ccc(-c3nc4ccccc4[nH]3)cc2)C1. The highest BCUT2D eigenvalue weighted by Crippen LogP contribution is 2.22. The zero-order valence-corrected chi connectivity index (χ0v) is 14.7. The van der Waals surface area contributed by atoms with Gasteiger partial charge in [-0.1, -0.05) is 12.1 Å². The van der Waals surface area contributed by atoms with Gasteiger partial charge in [-0.2, -0.15) is 0 Å². The van der Waals surface area contributed by atoms with Crippen LogP contribution in [0.4, 0.5) is 10.5 Å². The Kier molecular flexibility index (Phi) is 4.58. The number of methoxy groups -OCH3 is 1. The normalized spacial score (nSPS) is 17.4. The van der Waals surface area contributed by atoms with Gasteiger partial charge >= 0.3 is 6.03 Å². The molecule has 2 amide bonds. The molecule has 1 atom stereocenters. The predicted molar refractivity (Wildman–Crippen MR) is 102 cm³/mol. The third-order valence-electron chi connectivity index (χ3n) is 4.80. The molecule has 0 unspecified atom stereocenters. The molecule has 2 heterocycles. The molecular weight excluding hydrogens is 328 g/mol. The zero-order valence-electron chi connectivity index (χ0n) is 14.7. The van der Waals surface area contributed by atoms with E-state index in [1.165, 1.54) is 0 Å². The molecule has 3 aromatic rings. The predicted octanol–water partition coefficient (Wildman–Crippen LogP) is 3.87. The minimum Gasteiger partial charge on any atom is -0.380 e. The van der Waals surface area contributed by atoms with Crippen molar-refractivity contribution in [3.63, 3.8) is 0 Å². The second-order valence-electron chi connectivity index (χ2n) is 6.56. The van der Waals surface area contributed by atoms with Crippen molar-refractivity contribution in [1.82, 2.24) is 14.9 Å². The Morgan fingerprint density at radius 1 is 1.23 bits per heavy atom. The van der Waals surface area contributed by atoms with Crippen molar-refractivity contribution in [2.75, 3.05) is 25.5 Å². The molecule has 134 valence electrons. The molecular formula is C20H22N4O2. The number of hydrogen-bond donors (Lipinski definition) is 2. The summed E-state index contributed by atoms with van der Waals surface area (Å²) in [6, 6.07) is 15.6. The number of imidazole rings is 1. The highest BCUT2D eigenvalue weighted by atomic mass is 16.5. The van der Waals surface area contributed by atoms with E-state index >= 15 is 0 Å². The zero-order chi connectivity index (χ0) is 17.9. The van der Waals surface area contributed by atoms with Gasteiger partial charge in [0.15, 0.2) is 0 Å². The number of anilines is 1. The molecule has 0 bridgehead atoms. The van der Waals surface area contributed by atoms with E-state index in [2.05, 4.69) is 15.3 Å². The Hall–Kier alpha value is -2.86. The van der Waals surface area contributed by atoms with Crippen LogP contribution in [0.25, 0.3) is 22.4 Å². The van der Waals surface area contributed by atoms with Gasteiger partial charge in [0.2, 0.25) is 0 Å². The number of urea groups is 1. The minimum absolute atomic E-state index is 0.0803. The maximum atomic E-state index is 12.4. The average molecular weight is 350 g/mol. The Bertz CT molecular complexity index is 871. The van der Waals surface area contributed by atoms with Crippen molar-refractivity contribution < 1.29 is 9.53 Å². The summed E-state index contributed by atoms with van der Waals surface area (Å²) in [5, 5.41) is 2.96. The summed E-state index contributed by atoms with van der Waals surface area (Å²) in [5.41, 5.74) is 3.71. The number of likely N-dealkylation sites (tertiary alicyclic amines) is 1. The first-order valence-corrected chi connectivity index (χ1v) is 8.87. The number of para-hydroxylation sites is 2. The van der Waals surface area contributed by atoms with E-state index in [0.29, 0.717) is 6.54 Å². The lowest BCUT2D eigenvalue weighted by Gasteiger charge is -2.31. The van der Waals surface area contributed by atoms with Gasteiger partial charge in [0.05, 0.1) is 17.1 Å². The molecule has 0 saturated carbocycles. The van der Waals surface area contributed by atoms with Crippen LogP contribution in [0.2, 0.25) is 0 Å². The molecule has 1 aliphatic heterocycles. The second kappa shape index (κ2) is 7.17. The molecule has 26 heavy (non-hydrogen) atoms. The van der Waals surface area contributed by atoms with Gasteiger partial charge < -0.3 is 19.9 Å². The van der Waals surface area contributed by atoms with Gasteiger partial charge in [-0.15, -0.1) is 0 Å². The fourth-order valence-electron chi connectivity index (χ4n) is 3.32.